The summed E-state index contributed by atoms with van der Waals surface area (Å²) in [5.74, 6) is 1.45. The summed E-state index contributed by atoms with van der Waals surface area (Å²) in [4.78, 5) is 20.8. The molecule has 0 radical (unpaired) electrons. The van der Waals surface area contributed by atoms with Crippen molar-refractivity contribution in [3.05, 3.63) is 94.5 Å². The third-order valence-electron chi connectivity index (χ3n) is 8.39. The SMILES string of the molecule is COc1ccc(Cl)cc1CN1CCN(c2cc(Nc3ccc(N(C)C)cc3)c3c4c(onc24)-c2ccccc2C3=O)CC1. The summed E-state index contributed by atoms with van der Waals surface area (Å²) in [5.41, 5.74) is 7.48. The zero-order valence-corrected chi connectivity index (χ0v) is 25.1. The predicted octanol–water partition coefficient (Wildman–Crippen LogP) is 6.83. The number of ketones is 1. The van der Waals surface area contributed by atoms with Crippen molar-refractivity contribution < 1.29 is 14.1 Å². The number of benzene rings is 4. The van der Waals surface area contributed by atoms with Crippen molar-refractivity contribution in [2.75, 3.05) is 62.5 Å². The average molecular weight is 594 g/mol. The van der Waals surface area contributed by atoms with E-state index in [9.17, 15) is 4.79 Å². The molecule has 5 aromatic rings. The molecule has 1 N–H and O–H groups in total. The van der Waals surface area contributed by atoms with E-state index in [0.29, 0.717) is 27.4 Å². The van der Waals surface area contributed by atoms with Crippen molar-refractivity contribution in [2.24, 2.45) is 0 Å². The summed E-state index contributed by atoms with van der Waals surface area (Å²) < 4.78 is 11.6. The van der Waals surface area contributed by atoms with Crippen molar-refractivity contribution in [3.8, 4) is 17.1 Å². The number of nitrogens with zero attached hydrogens (tertiary/aromatic N) is 4. The van der Waals surface area contributed by atoms with Crippen LogP contribution in [0, 0.1) is 0 Å². The van der Waals surface area contributed by atoms with Crippen LogP contribution >= 0.6 is 11.6 Å². The summed E-state index contributed by atoms with van der Waals surface area (Å²) in [5, 5.41) is 9.58. The predicted molar refractivity (Wildman–Crippen MR) is 172 cm³/mol. The van der Waals surface area contributed by atoms with Gasteiger partial charge in [0.1, 0.15) is 11.3 Å². The highest BCUT2D eigenvalue weighted by Crippen LogP contribution is 2.46. The molecule has 43 heavy (non-hydrogen) atoms. The van der Waals surface area contributed by atoms with Gasteiger partial charge in [-0.15, -0.1) is 0 Å². The van der Waals surface area contributed by atoms with E-state index in [-0.39, 0.29) is 5.78 Å². The van der Waals surface area contributed by atoms with Gasteiger partial charge in [0.05, 0.1) is 29.4 Å². The van der Waals surface area contributed by atoms with Crippen molar-refractivity contribution in [1.29, 1.82) is 0 Å². The zero-order chi connectivity index (χ0) is 29.7. The molecule has 7 rings (SSSR count). The van der Waals surface area contributed by atoms with Gasteiger partial charge >= 0.3 is 0 Å². The molecule has 8 nitrogen and oxygen atoms in total. The molecular weight excluding hydrogens is 562 g/mol. The minimum absolute atomic E-state index is 0.0319. The standard InChI is InChI=1S/C34H32ClN5O3/c1-38(2)24-11-9-23(10-12-24)36-27-19-28(32-31-30(27)33(41)25-6-4-5-7-26(25)34(31)43-37-32)40-16-14-39(15-17-40)20-21-18-22(35)8-13-29(21)42-3/h4-13,18-19,36H,14-17,20H2,1-3H3. The smallest absolute Gasteiger partial charge is 0.196 e. The van der Waals surface area contributed by atoms with E-state index in [4.69, 9.17) is 20.9 Å². The quantitative estimate of drug-likeness (QED) is 0.216. The topological polar surface area (TPSA) is 74.1 Å². The van der Waals surface area contributed by atoms with Gasteiger partial charge in [-0.2, -0.15) is 0 Å². The number of piperazine rings is 1. The number of carbonyl (C=O) groups is 1. The minimum Gasteiger partial charge on any atom is -0.496 e. The fourth-order valence-electron chi connectivity index (χ4n) is 6.14. The monoisotopic (exact) mass is 593 g/mol. The molecule has 0 unspecified atom stereocenters. The molecule has 0 bridgehead atoms. The highest BCUT2D eigenvalue weighted by molar-refractivity contribution is 6.30. The lowest BCUT2D eigenvalue weighted by Gasteiger charge is -2.36. The molecule has 1 aliphatic heterocycles. The number of aromatic nitrogens is 1. The number of fused-ring (bicyclic) bond motifs is 2. The normalized spacial score (nSPS) is 14.6. The third-order valence-corrected chi connectivity index (χ3v) is 8.63. The lowest BCUT2D eigenvalue weighted by atomic mass is 9.86. The molecule has 1 saturated heterocycles. The van der Waals surface area contributed by atoms with Crippen LogP contribution in [0.3, 0.4) is 0 Å². The first kappa shape index (κ1) is 27.3. The second-order valence-electron chi connectivity index (χ2n) is 11.2. The summed E-state index contributed by atoms with van der Waals surface area (Å²) in [6.45, 7) is 4.03. The summed E-state index contributed by atoms with van der Waals surface area (Å²) in [7, 11) is 5.72. The number of halogens is 1. The first-order valence-corrected chi connectivity index (χ1v) is 14.7. The number of hydrogen-bond acceptors (Lipinski definition) is 8. The Morgan fingerprint density at radius 1 is 0.977 bits per heavy atom. The number of ether oxygens (including phenoxy) is 1. The molecule has 0 atom stereocenters. The van der Waals surface area contributed by atoms with Gasteiger partial charge in [-0.05, 0) is 48.5 Å². The van der Waals surface area contributed by atoms with E-state index in [1.54, 1.807) is 7.11 Å². The molecular formula is C34H32ClN5O3. The molecule has 9 heteroatoms. The molecule has 218 valence electrons. The van der Waals surface area contributed by atoms with Crippen LogP contribution < -0.4 is 19.9 Å². The Labute approximate surface area is 255 Å². The maximum absolute atomic E-state index is 14.0. The highest BCUT2D eigenvalue weighted by Gasteiger charge is 2.34. The van der Waals surface area contributed by atoms with E-state index < -0.39 is 0 Å². The van der Waals surface area contributed by atoms with Crippen LogP contribution in [0.15, 0.2) is 77.3 Å². The summed E-state index contributed by atoms with van der Waals surface area (Å²) >= 11 is 6.29. The second kappa shape index (κ2) is 10.9. The van der Waals surface area contributed by atoms with E-state index in [1.807, 2.05) is 68.7 Å². The first-order chi connectivity index (χ1) is 20.9. The number of anilines is 4. The van der Waals surface area contributed by atoms with E-state index in [2.05, 4.69) is 43.4 Å². The molecule has 1 fully saturated rings. The van der Waals surface area contributed by atoms with Gasteiger partial charge in [-0.25, -0.2) is 0 Å². The van der Waals surface area contributed by atoms with E-state index >= 15 is 0 Å². The maximum atomic E-state index is 14.0. The molecule has 2 heterocycles. The number of hydrogen-bond donors (Lipinski definition) is 1. The highest BCUT2D eigenvalue weighted by atomic mass is 35.5. The van der Waals surface area contributed by atoms with Crippen LogP contribution in [0.4, 0.5) is 22.7 Å². The van der Waals surface area contributed by atoms with Gasteiger partial charge < -0.3 is 24.4 Å². The average Bonchev–Trinajstić information content (AvgIpc) is 3.46. The molecule has 4 aromatic carbocycles. The molecule has 2 aliphatic rings. The van der Waals surface area contributed by atoms with Gasteiger partial charge in [0.15, 0.2) is 11.5 Å². The Hall–Kier alpha value is -4.53. The third kappa shape index (κ3) is 4.86. The van der Waals surface area contributed by atoms with Crippen LogP contribution in [0.1, 0.15) is 21.5 Å². The van der Waals surface area contributed by atoms with Gasteiger partial charge in [0, 0.05) is 79.9 Å². The van der Waals surface area contributed by atoms with Crippen molar-refractivity contribution in [3.63, 3.8) is 0 Å². The fourth-order valence-corrected chi connectivity index (χ4v) is 6.33. The van der Waals surface area contributed by atoms with Gasteiger partial charge in [0.25, 0.3) is 0 Å². The van der Waals surface area contributed by atoms with E-state index in [1.165, 1.54) is 0 Å². The van der Waals surface area contributed by atoms with Crippen LogP contribution in [-0.2, 0) is 6.54 Å². The summed E-state index contributed by atoms with van der Waals surface area (Å²) in [6, 6.07) is 23.6. The summed E-state index contributed by atoms with van der Waals surface area (Å²) in [6.07, 6.45) is 0. The van der Waals surface area contributed by atoms with Crippen molar-refractivity contribution >= 4 is 51.0 Å². The second-order valence-corrected chi connectivity index (χ2v) is 11.7. The number of methoxy groups -OCH3 is 1. The lowest BCUT2D eigenvalue weighted by molar-refractivity contribution is 0.104. The van der Waals surface area contributed by atoms with Crippen molar-refractivity contribution in [1.82, 2.24) is 10.1 Å². The lowest BCUT2D eigenvalue weighted by Crippen LogP contribution is -2.46. The first-order valence-electron chi connectivity index (χ1n) is 14.4. The van der Waals surface area contributed by atoms with Crippen LogP contribution in [0.5, 0.6) is 5.75 Å². The zero-order valence-electron chi connectivity index (χ0n) is 24.4. The van der Waals surface area contributed by atoms with Crippen LogP contribution in [0.2, 0.25) is 5.02 Å². The van der Waals surface area contributed by atoms with Gasteiger partial charge in [-0.1, -0.05) is 41.0 Å². The Balaban J connectivity index is 1.25. The Morgan fingerprint density at radius 2 is 1.72 bits per heavy atom. The van der Waals surface area contributed by atoms with Gasteiger partial charge in [0.2, 0.25) is 0 Å². The van der Waals surface area contributed by atoms with Crippen LogP contribution in [-0.4, -0.2) is 63.2 Å². The fraction of sp³-hybridized carbons (Fsp3) is 0.235. The number of rotatable bonds is 7. The Kier molecular flexibility index (Phi) is 6.95. The molecule has 1 aromatic heterocycles. The number of nitrogens with one attached hydrogen (secondary N) is 1. The molecule has 0 saturated carbocycles. The molecule has 1 aliphatic carbocycles. The minimum atomic E-state index is -0.0319. The molecule has 0 spiro atoms. The Morgan fingerprint density at radius 3 is 2.44 bits per heavy atom. The maximum Gasteiger partial charge on any atom is 0.196 e. The molecule has 0 amide bonds. The Bertz CT molecular complexity index is 1840. The van der Waals surface area contributed by atoms with Crippen LogP contribution in [0.25, 0.3) is 22.2 Å². The van der Waals surface area contributed by atoms with Gasteiger partial charge in [-0.3, -0.25) is 9.69 Å². The largest absolute Gasteiger partial charge is 0.496 e. The van der Waals surface area contributed by atoms with E-state index in [0.717, 1.165) is 77.7 Å². The number of carbonyl (C=O) groups excluding carboxylic acids is 1. The van der Waals surface area contributed by atoms with Crippen molar-refractivity contribution in [2.45, 2.75) is 6.54 Å².